The molecule has 1 heterocycles. The first-order valence-corrected chi connectivity index (χ1v) is 6.93. The SMILES string of the molecule is COC(=O)NS(=O)(=O)N1CCCC1CCCO. The van der Waals surface area contributed by atoms with Gasteiger partial charge in [-0.15, -0.1) is 0 Å². The molecular weight excluding hydrogens is 248 g/mol. The van der Waals surface area contributed by atoms with Gasteiger partial charge in [-0.1, -0.05) is 0 Å². The minimum Gasteiger partial charge on any atom is -0.452 e. The third kappa shape index (κ3) is 3.83. The van der Waals surface area contributed by atoms with Crippen LogP contribution in [0.15, 0.2) is 0 Å². The van der Waals surface area contributed by atoms with Crippen molar-refractivity contribution in [3.8, 4) is 0 Å². The number of rotatable bonds is 5. The van der Waals surface area contributed by atoms with Crippen molar-refractivity contribution < 1.29 is 23.1 Å². The molecule has 7 nitrogen and oxygen atoms in total. The zero-order valence-corrected chi connectivity index (χ0v) is 10.6. The van der Waals surface area contributed by atoms with E-state index in [1.54, 1.807) is 0 Å². The Labute approximate surface area is 101 Å². The molecule has 1 rings (SSSR count). The van der Waals surface area contributed by atoms with Crippen molar-refractivity contribution in [2.75, 3.05) is 20.3 Å². The standard InChI is InChI=1S/C9H18N2O5S/c1-16-9(13)10-17(14,15)11-6-2-4-8(11)5-3-7-12/h8,12H,2-7H2,1H3,(H,10,13). The summed E-state index contributed by atoms with van der Waals surface area (Å²) in [5.74, 6) is 0. The van der Waals surface area contributed by atoms with Crippen LogP contribution in [0.4, 0.5) is 4.79 Å². The lowest BCUT2D eigenvalue weighted by atomic mass is 10.1. The van der Waals surface area contributed by atoms with E-state index in [0.29, 0.717) is 19.4 Å². The van der Waals surface area contributed by atoms with Gasteiger partial charge in [0.15, 0.2) is 0 Å². The third-order valence-corrected chi connectivity index (χ3v) is 4.25. The highest BCUT2D eigenvalue weighted by molar-refractivity contribution is 7.87. The fraction of sp³-hybridized carbons (Fsp3) is 0.889. The molecule has 0 aliphatic carbocycles. The molecule has 8 heteroatoms. The number of hydrogen-bond acceptors (Lipinski definition) is 5. The van der Waals surface area contributed by atoms with Crippen LogP contribution in [0.3, 0.4) is 0 Å². The summed E-state index contributed by atoms with van der Waals surface area (Å²) in [5.41, 5.74) is 0. The van der Waals surface area contributed by atoms with E-state index in [2.05, 4.69) is 4.74 Å². The maximum atomic E-state index is 11.8. The van der Waals surface area contributed by atoms with Gasteiger partial charge in [0.2, 0.25) is 0 Å². The Balaban J connectivity index is 2.65. The molecular formula is C9H18N2O5S. The van der Waals surface area contributed by atoms with Gasteiger partial charge >= 0.3 is 16.3 Å². The first-order chi connectivity index (χ1) is 8.01. The van der Waals surface area contributed by atoms with E-state index in [0.717, 1.165) is 20.0 Å². The average Bonchev–Trinajstić information content (AvgIpc) is 2.74. The van der Waals surface area contributed by atoms with E-state index < -0.39 is 16.3 Å². The van der Waals surface area contributed by atoms with E-state index in [1.807, 2.05) is 4.72 Å². The van der Waals surface area contributed by atoms with E-state index in [-0.39, 0.29) is 12.6 Å². The van der Waals surface area contributed by atoms with Crippen molar-refractivity contribution in [2.24, 2.45) is 0 Å². The number of methoxy groups -OCH3 is 1. The summed E-state index contributed by atoms with van der Waals surface area (Å²) < 4.78 is 31.0. The van der Waals surface area contributed by atoms with Crippen LogP contribution in [-0.4, -0.2) is 50.2 Å². The van der Waals surface area contributed by atoms with Gasteiger partial charge in [-0.25, -0.2) is 9.52 Å². The van der Waals surface area contributed by atoms with Crippen molar-refractivity contribution >= 4 is 16.3 Å². The lowest BCUT2D eigenvalue weighted by Gasteiger charge is -2.23. The Morgan fingerprint density at radius 1 is 1.59 bits per heavy atom. The molecule has 0 bridgehead atoms. The predicted molar refractivity (Wildman–Crippen MR) is 60.5 cm³/mol. The quantitative estimate of drug-likeness (QED) is 0.720. The maximum Gasteiger partial charge on any atom is 0.421 e. The van der Waals surface area contributed by atoms with Gasteiger partial charge in [0.1, 0.15) is 0 Å². The number of nitrogens with one attached hydrogen (secondary N) is 1. The van der Waals surface area contributed by atoms with Crippen molar-refractivity contribution in [3.05, 3.63) is 0 Å². The maximum absolute atomic E-state index is 11.8. The zero-order valence-electron chi connectivity index (χ0n) is 9.76. The van der Waals surface area contributed by atoms with Crippen LogP contribution in [0.5, 0.6) is 0 Å². The van der Waals surface area contributed by atoms with Crippen molar-refractivity contribution in [1.29, 1.82) is 0 Å². The lowest BCUT2D eigenvalue weighted by molar-refractivity contribution is 0.176. The second-order valence-electron chi connectivity index (χ2n) is 3.87. The number of carbonyl (C=O) groups is 1. The Bertz CT molecular complexity index is 356. The summed E-state index contributed by atoms with van der Waals surface area (Å²) >= 11 is 0. The molecule has 0 aromatic carbocycles. The summed E-state index contributed by atoms with van der Waals surface area (Å²) in [6.45, 7) is 0.428. The zero-order chi connectivity index (χ0) is 12.9. The fourth-order valence-corrected chi connectivity index (χ4v) is 3.33. The number of hydrogen-bond donors (Lipinski definition) is 2. The minimum atomic E-state index is -3.82. The number of aliphatic hydroxyl groups is 1. The fourth-order valence-electron chi connectivity index (χ4n) is 1.95. The van der Waals surface area contributed by atoms with Crippen molar-refractivity contribution in [2.45, 2.75) is 31.7 Å². The number of aliphatic hydroxyl groups excluding tert-OH is 1. The minimum absolute atomic E-state index is 0.0365. The molecule has 0 radical (unpaired) electrons. The average molecular weight is 266 g/mol. The first kappa shape index (κ1) is 14.2. The molecule has 1 saturated heterocycles. The Morgan fingerprint density at radius 2 is 2.29 bits per heavy atom. The van der Waals surface area contributed by atoms with E-state index in [9.17, 15) is 13.2 Å². The summed E-state index contributed by atoms with van der Waals surface area (Å²) in [5, 5.41) is 8.74. The van der Waals surface area contributed by atoms with Gasteiger partial charge in [0, 0.05) is 19.2 Å². The molecule has 0 spiro atoms. The van der Waals surface area contributed by atoms with Crippen LogP contribution >= 0.6 is 0 Å². The van der Waals surface area contributed by atoms with Crippen molar-refractivity contribution in [1.82, 2.24) is 9.03 Å². The number of amides is 1. The van der Waals surface area contributed by atoms with Crippen LogP contribution in [0.25, 0.3) is 0 Å². The Morgan fingerprint density at radius 3 is 2.88 bits per heavy atom. The molecule has 1 fully saturated rings. The summed E-state index contributed by atoms with van der Waals surface area (Å²) in [6, 6.07) is -0.149. The summed E-state index contributed by atoms with van der Waals surface area (Å²) in [4.78, 5) is 10.9. The normalized spacial score (nSPS) is 21.4. The molecule has 0 saturated carbocycles. The van der Waals surface area contributed by atoms with Crippen molar-refractivity contribution in [3.63, 3.8) is 0 Å². The second-order valence-corrected chi connectivity index (χ2v) is 5.49. The molecule has 1 unspecified atom stereocenters. The van der Waals surface area contributed by atoms with Crippen LogP contribution in [0, 0.1) is 0 Å². The highest BCUT2D eigenvalue weighted by atomic mass is 32.2. The Hall–Kier alpha value is -0.860. The molecule has 1 atom stereocenters. The lowest BCUT2D eigenvalue weighted by Crippen LogP contribution is -2.45. The molecule has 2 N–H and O–H groups in total. The summed E-state index contributed by atoms with van der Waals surface area (Å²) in [7, 11) is -2.71. The third-order valence-electron chi connectivity index (χ3n) is 2.73. The first-order valence-electron chi connectivity index (χ1n) is 5.49. The molecule has 0 aromatic rings. The smallest absolute Gasteiger partial charge is 0.421 e. The van der Waals surface area contributed by atoms with Gasteiger partial charge in [-0.05, 0) is 25.7 Å². The van der Waals surface area contributed by atoms with E-state index in [4.69, 9.17) is 5.11 Å². The molecule has 1 aliphatic rings. The Kier molecular flexibility index (Phi) is 5.16. The monoisotopic (exact) mass is 266 g/mol. The molecule has 1 aliphatic heterocycles. The molecule has 100 valence electrons. The number of carbonyl (C=O) groups excluding carboxylic acids is 1. The number of nitrogens with zero attached hydrogens (tertiary/aromatic N) is 1. The topological polar surface area (TPSA) is 95.9 Å². The molecule has 17 heavy (non-hydrogen) atoms. The van der Waals surface area contributed by atoms with Gasteiger partial charge in [-0.2, -0.15) is 12.7 Å². The van der Waals surface area contributed by atoms with Gasteiger partial charge < -0.3 is 9.84 Å². The second kappa shape index (κ2) is 6.18. The molecule has 1 amide bonds. The number of ether oxygens (including phenoxy) is 1. The van der Waals surface area contributed by atoms with Crippen LogP contribution in [0.1, 0.15) is 25.7 Å². The summed E-state index contributed by atoms with van der Waals surface area (Å²) in [6.07, 6.45) is 1.67. The highest BCUT2D eigenvalue weighted by Crippen LogP contribution is 2.23. The van der Waals surface area contributed by atoms with Gasteiger partial charge in [0.05, 0.1) is 7.11 Å². The van der Waals surface area contributed by atoms with Crippen LogP contribution in [0.2, 0.25) is 0 Å². The predicted octanol–water partition coefficient (Wildman–Crippen LogP) is -0.176. The van der Waals surface area contributed by atoms with Crippen LogP contribution < -0.4 is 4.72 Å². The van der Waals surface area contributed by atoms with Gasteiger partial charge in [0.25, 0.3) is 0 Å². The van der Waals surface area contributed by atoms with E-state index >= 15 is 0 Å². The molecule has 0 aromatic heterocycles. The van der Waals surface area contributed by atoms with E-state index in [1.165, 1.54) is 4.31 Å². The highest BCUT2D eigenvalue weighted by Gasteiger charge is 2.34. The van der Waals surface area contributed by atoms with Gasteiger partial charge in [-0.3, -0.25) is 0 Å². The van der Waals surface area contributed by atoms with Crippen LogP contribution in [-0.2, 0) is 14.9 Å². The largest absolute Gasteiger partial charge is 0.452 e.